The van der Waals surface area contributed by atoms with Crippen LogP contribution in [-0.4, -0.2) is 23.9 Å². The second-order valence-corrected chi connectivity index (χ2v) is 6.74. The van der Waals surface area contributed by atoms with E-state index < -0.39 is 0 Å². The molecule has 2 nitrogen and oxygen atoms in total. The summed E-state index contributed by atoms with van der Waals surface area (Å²) in [5, 5.41) is 0. The molecular formula is C16H22BrNO. The molecule has 104 valence electrons. The van der Waals surface area contributed by atoms with Gasteiger partial charge in [0, 0.05) is 17.6 Å². The van der Waals surface area contributed by atoms with E-state index in [9.17, 15) is 4.79 Å². The quantitative estimate of drug-likeness (QED) is 0.802. The topological polar surface area (TPSA) is 20.3 Å². The maximum Gasteiger partial charge on any atom is 0.233 e. The van der Waals surface area contributed by atoms with Gasteiger partial charge in [0.05, 0.1) is 5.41 Å². The predicted octanol–water partition coefficient (Wildman–Crippen LogP) is 3.99. The Hall–Kier alpha value is -0.830. The molecule has 1 aromatic carbocycles. The Balaban J connectivity index is 2.19. The summed E-state index contributed by atoms with van der Waals surface area (Å²) in [5.74, 6) is 0.829. The van der Waals surface area contributed by atoms with Crippen LogP contribution in [0.15, 0.2) is 28.7 Å². The second-order valence-electron chi connectivity index (χ2n) is 5.83. The van der Waals surface area contributed by atoms with Crippen LogP contribution in [0.3, 0.4) is 0 Å². The van der Waals surface area contributed by atoms with Gasteiger partial charge in [0.1, 0.15) is 0 Å². The molecule has 0 saturated heterocycles. The minimum atomic E-state index is -0.231. The average Bonchev–Trinajstić information content (AvgIpc) is 3.17. The van der Waals surface area contributed by atoms with Crippen molar-refractivity contribution >= 4 is 21.8 Å². The molecule has 1 fully saturated rings. The van der Waals surface area contributed by atoms with E-state index in [1.807, 2.05) is 17.0 Å². The fourth-order valence-corrected chi connectivity index (χ4v) is 2.88. The highest BCUT2D eigenvalue weighted by Crippen LogP contribution is 2.49. The molecule has 0 aliphatic heterocycles. The number of likely N-dealkylation sites (N-methyl/N-ethyl adjacent to an activating group) is 1. The lowest BCUT2D eigenvalue weighted by molar-refractivity contribution is -0.134. The van der Waals surface area contributed by atoms with Crippen molar-refractivity contribution < 1.29 is 4.79 Å². The van der Waals surface area contributed by atoms with Crippen LogP contribution in [0.2, 0.25) is 0 Å². The van der Waals surface area contributed by atoms with Crippen molar-refractivity contribution in [1.82, 2.24) is 4.90 Å². The normalized spacial score (nSPS) is 16.5. The molecule has 0 spiro atoms. The molecule has 1 aromatic rings. The van der Waals surface area contributed by atoms with E-state index in [0.717, 1.165) is 30.4 Å². The van der Waals surface area contributed by atoms with Gasteiger partial charge >= 0.3 is 0 Å². The molecule has 0 aromatic heterocycles. The smallest absolute Gasteiger partial charge is 0.233 e. The summed E-state index contributed by atoms with van der Waals surface area (Å²) in [4.78, 5) is 14.8. The average molecular weight is 324 g/mol. The Morgan fingerprint density at radius 2 is 1.89 bits per heavy atom. The van der Waals surface area contributed by atoms with E-state index >= 15 is 0 Å². The Labute approximate surface area is 124 Å². The van der Waals surface area contributed by atoms with Gasteiger partial charge in [-0.2, -0.15) is 0 Å². The van der Waals surface area contributed by atoms with Crippen LogP contribution in [-0.2, 0) is 10.2 Å². The number of carbonyl (C=O) groups excluding carboxylic acids is 1. The van der Waals surface area contributed by atoms with Crippen molar-refractivity contribution in [2.24, 2.45) is 5.92 Å². The monoisotopic (exact) mass is 323 g/mol. The summed E-state index contributed by atoms with van der Waals surface area (Å²) in [6.45, 7) is 8.05. The van der Waals surface area contributed by atoms with E-state index in [1.165, 1.54) is 5.56 Å². The second kappa shape index (κ2) is 5.66. The van der Waals surface area contributed by atoms with Crippen molar-refractivity contribution in [3.63, 3.8) is 0 Å². The number of rotatable bonds is 5. The fourth-order valence-electron chi connectivity index (χ4n) is 2.62. The summed E-state index contributed by atoms with van der Waals surface area (Å²) >= 11 is 3.45. The number of nitrogens with zero attached hydrogens (tertiary/aromatic N) is 1. The number of amides is 1. The molecule has 0 heterocycles. The Kier molecular flexibility index (Phi) is 4.34. The lowest BCUT2D eigenvalue weighted by Gasteiger charge is -2.28. The van der Waals surface area contributed by atoms with Crippen molar-refractivity contribution in [2.45, 2.75) is 39.0 Å². The van der Waals surface area contributed by atoms with E-state index in [4.69, 9.17) is 0 Å². The van der Waals surface area contributed by atoms with Gasteiger partial charge in [-0.05, 0) is 43.4 Å². The largest absolute Gasteiger partial charge is 0.342 e. The maximum absolute atomic E-state index is 12.8. The van der Waals surface area contributed by atoms with Gasteiger partial charge in [0.2, 0.25) is 5.91 Å². The van der Waals surface area contributed by atoms with Gasteiger partial charge in [0.15, 0.2) is 0 Å². The van der Waals surface area contributed by atoms with Gasteiger partial charge < -0.3 is 4.90 Å². The van der Waals surface area contributed by atoms with E-state index in [-0.39, 0.29) is 5.41 Å². The Morgan fingerprint density at radius 3 is 2.32 bits per heavy atom. The number of hydrogen-bond donors (Lipinski definition) is 0. The Bertz CT molecular complexity index is 448. The predicted molar refractivity (Wildman–Crippen MR) is 82.1 cm³/mol. The molecule has 0 bridgehead atoms. The van der Waals surface area contributed by atoms with Crippen LogP contribution >= 0.6 is 15.9 Å². The minimum Gasteiger partial charge on any atom is -0.342 e. The molecular weight excluding hydrogens is 302 g/mol. The highest BCUT2D eigenvalue weighted by molar-refractivity contribution is 9.10. The van der Waals surface area contributed by atoms with Crippen molar-refractivity contribution in [2.75, 3.05) is 13.1 Å². The molecule has 0 radical (unpaired) electrons. The molecule has 1 aliphatic carbocycles. The highest BCUT2D eigenvalue weighted by atomic mass is 79.9. The van der Waals surface area contributed by atoms with E-state index in [1.54, 1.807) is 0 Å². The van der Waals surface area contributed by atoms with Gasteiger partial charge in [-0.15, -0.1) is 0 Å². The van der Waals surface area contributed by atoms with Gasteiger partial charge in [-0.25, -0.2) is 0 Å². The summed E-state index contributed by atoms with van der Waals surface area (Å²) in [7, 11) is 0. The van der Waals surface area contributed by atoms with Crippen LogP contribution in [0.1, 0.15) is 39.2 Å². The van der Waals surface area contributed by atoms with Gasteiger partial charge in [0.25, 0.3) is 0 Å². The zero-order chi connectivity index (χ0) is 14.0. The molecule has 0 N–H and O–H groups in total. The first-order valence-corrected chi connectivity index (χ1v) is 7.84. The third kappa shape index (κ3) is 3.02. The molecule has 1 saturated carbocycles. The summed E-state index contributed by atoms with van der Waals surface area (Å²) in [5.41, 5.74) is 0.939. The maximum atomic E-state index is 12.8. The van der Waals surface area contributed by atoms with Crippen LogP contribution in [0.4, 0.5) is 0 Å². The van der Waals surface area contributed by atoms with E-state index in [2.05, 4.69) is 48.8 Å². The lowest BCUT2D eigenvalue weighted by atomic mass is 9.94. The third-order valence-electron chi connectivity index (χ3n) is 3.81. The molecule has 0 unspecified atom stereocenters. The number of halogens is 1. The molecule has 1 amide bonds. The summed E-state index contributed by atoms with van der Waals surface area (Å²) in [6.07, 6.45) is 1.98. The molecule has 0 atom stereocenters. The summed E-state index contributed by atoms with van der Waals surface area (Å²) < 4.78 is 1.06. The van der Waals surface area contributed by atoms with Crippen LogP contribution < -0.4 is 0 Å². The number of carbonyl (C=O) groups is 1. The first-order chi connectivity index (χ1) is 8.99. The van der Waals surface area contributed by atoms with Crippen molar-refractivity contribution in [1.29, 1.82) is 0 Å². The third-order valence-corrected chi connectivity index (χ3v) is 4.34. The first kappa shape index (κ1) is 14.6. The first-order valence-electron chi connectivity index (χ1n) is 7.05. The molecule has 2 rings (SSSR count). The standard InChI is InChI=1S/C16H22BrNO/c1-4-18(11-12(2)3)15(19)16(9-10-16)13-5-7-14(17)8-6-13/h5-8,12H,4,9-11H2,1-3H3. The number of benzene rings is 1. The van der Waals surface area contributed by atoms with Crippen molar-refractivity contribution in [3.8, 4) is 0 Å². The van der Waals surface area contributed by atoms with Crippen molar-refractivity contribution in [3.05, 3.63) is 34.3 Å². The summed E-state index contributed by atoms with van der Waals surface area (Å²) in [6, 6.07) is 8.22. The zero-order valence-corrected chi connectivity index (χ0v) is 13.5. The molecule has 3 heteroatoms. The molecule has 1 aliphatic rings. The lowest BCUT2D eigenvalue weighted by Crippen LogP contribution is -2.41. The molecule has 19 heavy (non-hydrogen) atoms. The fraction of sp³-hybridized carbons (Fsp3) is 0.562. The van der Waals surface area contributed by atoms with Crippen LogP contribution in [0.25, 0.3) is 0 Å². The SMILES string of the molecule is CCN(CC(C)C)C(=O)C1(c2ccc(Br)cc2)CC1. The Morgan fingerprint density at radius 1 is 1.32 bits per heavy atom. The highest BCUT2D eigenvalue weighted by Gasteiger charge is 2.52. The minimum absolute atomic E-state index is 0.231. The van der Waals surface area contributed by atoms with Crippen LogP contribution in [0, 0.1) is 5.92 Å². The van der Waals surface area contributed by atoms with E-state index in [0.29, 0.717) is 11.8 Å². The van der Waals surface area contributed by atoms with Gasteiger partial charge in [-0.1, -0.05) is 41.9 Å². The van der Waals surface area contributed by atoms with Gasteiger partial charge in [-0.3, -0.25) is 4.79 Å². The zero-order valence-electron chi connectivity index (χ0n) is 11.9. The number of hydrogen-bond acceptors (Lipinski definition) is 1. The van der Waals surface area contributed by atoms with Crippen LogP contribution in [0.5, 0.6) is 0 Å².